The summed E-state index contributed by atoms with van der Waals surface area (Å²) >= 11 is 0. The highest BCUT2D eigenvalue weighted by Gasteiger charge is 2.28. The van der Waals surface area contributed by atoms with Gasteiger partial charge >= 0.3 is 0 Å². The van der Waals surface area contributed by atoms with Crippen molar-refractivity contribution in [3.8, 4) is 0 Å². The van der Waals surface area contributed by atoms with Crippen molar-refractivity contribution in [2.24, 2.45) is 0 Å². The van der Waals surface area contributed by atoms with E-state index in [0.717, 1.165) is 38.8 Å². The van der Waals surface area contributed by atoms with Gasteiger partial charge in [0.25, 0.3) is 0 Å². The average Bonchev–Trinajstić information content (AvgIpc) is 2.27. The van der Waals surface area contributed by atoms with Gasteiger partial charge in [-0.3, -0.25) is 0 Å². The first-order valence-electron chi connectivity index (χ1n) is 6.33. The zero-order valence-corrected chi connectivity index (χ0v) is 10.4. The molecule has 0 aromatic heterocycles. The van der Waals surface area contributed by atoms with E-state index in [1.54, 1.807) is 0 Å². The van der Waals surface area contributed by atoms with Crippen LogP contribution in [0.1, 0.15) is 39.5 Å². The molecule has 0 bridgehead atoms. The second kappa shape index (κ2) is 5.19. The molecule has 2 aliphatic rings. The number of rotatable bonds is 3. The normalized spacial score (nSPS) is 33.4. The van der Waals surface area contributed by atoms with E-state index in [1.807, 2.05) is 6.26 Å². The van der Waals surface area contributed by atoms with Gasteiger partial charge in [-0.25, -0.2) is 0 Å². The molecule has 2 aliphatic heterocycles. The lowest BCUT2D eigenvalue weighted by atomic mass is 9.94. The van der Waals surface area contributed by atoms with E-state index in [1.165, 1.54) is 0 Å². The highest BCUT2D eigenvalue weighted by molar-refractivity contribution is 4.86. The molecule has 0 amide bonds. The molecule has 1 fully saturated rings. The van der Waals surface area contributed by atoms with Crippen molar-refractivity contribution in [2.75, 3.05) is 13.2 Å². The quantitative estimate of drug-likeness (QED) is 0.799. The number of nitrogens with one attached hydrogen (secondary N) is 1. The Hall–Kier alpha value is -0.540. The minimum atomic E-state index is 0.0310. The second-order valence-corrected chi connectivity index (χ2v) is 5.41. The Bertz CT molecular complexity index is 250. The van der Waals surface area contributed by atoms with E-state index < -0.39 is 0 Å². The van der Waals surface area contributed by atoms with Crippen LogP contribution in [0.3, 0.4) is 0 Å². The first kappa shape index (κ1) is 11.9. The molecule has 0 aromatic rings. The molecule has 3 heteroatoms. The predicted molar refractivity (Wildman–Crippen MR) is 64.3 cm³/mol. The SMILES string of the molecule is CC1(C)CC(NCC2CCC=CO2)CCO1. The van der Waals surface area contributed by atoms with Crippen molar-refractivity contribution in [1.29, 1.82) is 0 Å². The Kier molecular flexibility index (Phi) is 3.87. The Labute approximate surface area is 98.2 Å². The lowest BCUT2D eigenvalue weighted by Crippen LogP contribution is -2.46. The van der Waals surface area contributed by atoms with Crippen LogP contribution in [-0.4, -0.2) is 30.9 Å². The van der Waals surface area contributed by atoms with E-state index in [4.69, 9.17) is 9.47 Å². The van der Waals surface area contributed by atoms with Gasteiger partial charge in [0.2, 0.25) is 0 Å². The third kappa shape index (κ3) is 3.49. The van der Waals surface area contributed by atoms with E-state index in [2.05, 4.69) is 25.2 Å². The summed E-state index contributed by atoms with van der Waals surface area (Å²) in [5, 5.41) is 3.61. The van der Waals surface area contributed by atoms with Crippen LogP contribution in [0, 0.1) is 0 Å². The molecule has 16 heavy (non-hydrogen) atoms. The fraction of sp³-hybridized carbons (Fsp3) is 0.846. The topological polar surface area (TPSA) is 30.5 Å². The summed E-state index contributed by atoms with van der Waals surface area (Å²) < 4.78 is 11.3. The van der Waals surface area contributed by atoms with Crippen LogP contribution < -0.4 is 5.32 Å². The van der Waals surface area contributed by atoms with Crippen molar-refractivity contribution in [1.82, 2.24) is 5.32 Å². The van der Waals surface area contributed by atoms with Crippen LogP contribution in [0.2, 0.25) is 0 Å². The molecule has 0 spiro atoms. The summed E-state index contributed by atoms with van der Waals surface area (Å²) in [7, 11) is 0. The summed E-state index contributed by atoms with van der Waals surface area (Å²) in [6.07, 6.45) is 8.78. The van der Waals surface area contributed by atoms with Gasteiger partial charge in [-0.1, -0.05) is 0 Å². The maximum atomic E-state index is 5.70. The molecule has 0 radical (unpaired) electrons. The average molecular weight is 225 g/mol. The molecule has 0 aromatic carbocycles. The Morgan fingerprint density at radius 1 is 1.38 bits per heavy atom. The zero-order chi connectivity index (χ0) is 11.4. The van der Waals surface area contributed by atoms with Crippen molar-refractivity contribution in [3.05, 3.63) is 12.3 Å². The number of hydrogen-bond acceptors (Lipinski definition) is 3. The van der Waals surface area contributed by atoms with Gasteiger partial charge in [-0.05, 0) is 45.6 Å². The minimum Gasteiger partial charge on any atom is -0.497 e. The summed E-state index contributed by atoms with van der Waals surface area (Å²) in [6, 6.07) is 0.582. The maximum absolute atomic E-state index is 5.70. The molecule has 3 nitrogen and oxygen atoms in total. The van der Waals surface area contributed by atoms with Gasteiger partial charge in [-0.2, -0.15) is 0 Å². The van der Waals surface area contributed by atoms with E-state index in [-0.39, 0.29) is 5.60 Å². The molecule has 1 N–H and O–H groups in total. The second-order valence-electron chi connectivity index (χ2n) is 5.41. The molecule has 2 atom stereocenters. The fourth-order valence-corrected chi connectivity index (χ4v) is 2.44. The summed E-state index contributed by atoms with van der Waals surface area (Å²) in [4.78, 5) is 0. The maximum Gasteiger partial charge on any atom is 0.110 e. The Morgan fingerprint density at radius 2 is 2.25 bits per heavy atom. The first-order valence-corrected chi connectivity index (χ1v) is 6.33. The lowest BCUT2D eigenvalue weighted by molar-refractivity contribution is -0.0640. The highest BCUT2D eigenvalue weighted by Crippen LogP contribution is 2.24. The number of allylic oxidation sites excluding steroid dienone is 1. The van der Waals surface area contributed by atoms with Crippen molar-refractivity contribution < 1.29 is 9.47 Å². The van der Waals surface area contributed by atoms with E-state index in [0.29, 0.717) is 12.1 Å². The van der Waals surface area contributed by atoms with Gasteiger partial charge in [0.15, 0.2) is 0 Å². The van der Waals surface area contributed by atoms with Crippen molar-refractivity contribution in [3.63, 3.8) is 0 Å². The van der Waals surface area contributed by atoms with Crippen LogP contribution in [0.5, 0.6) is 0 Å². The summed E-state index contributed by atoms with van der Waals surface area (Å²) in [6.45, 7) is 6.17. The van der Waals surface area contributed by atoms with Crippen LogP contribution in [-0.2, 0) is 9.47 Å². The van der Waals surface area contributed by atoms with Gasteiger partial charge < -0.3 is 14.8 Å². The Morgan fingerprint density at radius 3 is 2.94 bits per heavy atom. The predicted octanol–water partition coefficient (Wildman–Crippen LogP) is 2.23. The van der Waals surface area contributed by atoms with E-state index in [9.17, 15) is 0 Å². The molecule has 0 aliphatic carbocycles. The highest BCUT2D eigenvalue weighted by atomic mass is 16.5. The van der Waals surface area contributed by atoms with Crippen LogP contribution in [0.25, 0.3) is 0 Å². The zero-order valence-electron chi connectivity index (χ0n) is 10.4. The first-order chi connectivity index (χ1) is 7.66. The largest absolute Gasteiger partial charge is 0.497 e. The van der Waals surface area contributed by atoms with Gasteiger partial charge in [0.05, 0.1) is 11.9 Å². The molecular formula is C13H23NO2. The molecule has 2 heterocycles. The molecule has 92 valence electrons. The third-order valence-corrected chi connectivity index (χ3v) is 3.35. The van der Waals surface area contributed by atoms with E-state index >= 15 is 0 Å². The van der Waals surface area contributed by atoms with Crippen LogP contribution >= 0.6 is 0 Å². The molecular weight excluding hydrogens is 202 g/mol. The van der Waals surface area contributed by atoms with Crippen LogP contribution in [0.4, 0.5) is 0 Å². The van der Waals surface area contributed by atoms with Gasteiger partial charge in [-0.15, -0.1) is 0 Å². The Balaban J connectivity index is 1.71. The van der Waals surface area contributed by atoms with Gasteiger partial charge in [0, 0.05) is 19.2 Å². The fourth-order valence-electron chi connectivity index (χ4n) is 2.44. The third-order valence-electron chi connectivity index (χ3n) is 3.35. The summed E-state index contributed by atoms with van der Waals surface area (Å²) in [5.74, 6) is 0. The monoisotopic (exact) mass is 225 g/mol. The molecule has 2 unspecified atom stereocenters. The number of ether oxygens (including phenoxy) is 2. The molecule has 2 rings (SSSR count). The smallest absolute Gasteiger partial charge is 0.110 e. The van der Waals surface area contributed by atoms with Crippen molar-refractivity contribution >= 4 is 0 Å². The standard InChI is InChI=1S/C13H23NO2/c1-13(2)9-11(6-8-16-13)14-10-12-5-3-4-7-15-12/h4,7,11-12,14H,3,5-6,8-10H2,1-2H3. The lowest BCUT2D eigenvalue weighted by Gasteiger charge is -2.36. The minimum absolute atomic E-state index is 0.0310. The summed E-state index contributed by atoms with van der Waals surface area (Å²) in [5.41, 5.74) is 0.0310. The van der Waals surface area contributed by atoms with Crippen molar-refractivity contribution in [2.45, 2.75) is 57.3 Å². The molecule has 0 saturated carbocycles. The van der Waals surface area contributed by atoms with Crippen LogP contribution in [0.15, 0.2) is 12.3 Å². The number of hydrogen-bond donors (Lipinski definition) is 1. The molecule has 1 saturated heterocycles. The van der Waals surface area contributed by atoms with Gasteiger partial charge in [0.1, 0.15) is 6.10 Å².